The van der Waals surface area contributed by atoms with Gasteiger partial charge in [-0.05, 0) is 42.5 Å². The van der Waals surface area contributed by atoms with Crippen LogP contribution in [-0.2, 0) is 27.3 Å². The third-order valence-electron chi connectivity index (χ3n) is 5.56. The number of ether oxygens (including phenoxy) is 5. The lowest BCUT2D eigenvalue weighted by Crippen LogP contribution is -2.31. The first-order chi connectivity index (χ1) is 16.0. The zero-order valence-corrected chi connectivity index (χ0v) is 19.4. The Bertz CT molecular complexity index is 907. The highest BCUT2D eigenvalue weighted by Crippen LogP contribution is 2.38. The van der Waals surface area contributed by atoms with Crippen LogP contribution in [0.2, 0.25) is 0 Å². The van der Waals surface area contributed by atoms with E-state index in [1.165, 1.54) is 0 Å². The lowest BCUT2D eigenvalue weighted by Gasteiger charge is -2.16. The van der Waals surface area contributed by atoms with Crippen molar-refractivity contribution in [3.05, 3.63) is 53.6 Å². The lowest BCUT2D eigenvalue weighted by atomic mass is 10.1. The minimum atomic E-state index is -0.406. The lowest BCUT2D eigenvalue weighted by molar-refractivity contribution is -0.148. The third-order valence-corrected chi connectivity index (χ3v) is 5.56. The summed E-state index contributed by atoms with van der Waals surface area (Å²) in [4.78, 5) is 26.3. The summed E-state index contributed by atoms with van der Waals surface area (Å²) in [5, 5.41) is 0. The van der Waals surface area contributed by atoms with Crippen molar-refractivity contribution in [2.75, 3.05) is 41.0 Å². The summed E-state index contributed by atoms with van der Waals surface area (Å²) in [6.07, 6.45) is 1.51. The minimum Gasteiger partial charge on any atom is -0.493 e. The molecule has 1 aliphatic heterocycles. The molecule has 1 unspecified atom stereocenters. The fraction of sp³-hybridized carbons (Fsp3) is 0.440. The Morgan fingerprint density at radius 2 is 1.64 bits per heavy atom. The van der Waals surface area contributed by atoms with Gasteiger partial charge in [0.15, 0.2) is 11.5 Å². The fourth-order valence-electron chi connectivity index (χ4n) is 3.78. The molecule has 1 heterocycles. The number of benzene rings is 2. The van der Waals surface area contributed by atoms with E-state index in [1.807, 2.05) is 42.5 Å². The van der Waals surface area contributed by atoms with E-state index >= 15 is 0 Å². The number of likely N-dealkylation sites (tertiary alicyclic amines) is 1. The van der Waals surface area contributed by atoms with Crippen LogP contribution in [0.25, 0.3) is 0 Å². The SMILES string of the molecule is COc1cc(CCCOC(=O)C2CCN(C(=O)OCc3ccccc3)C2)cc(OC)c1OC. The average Bonchev–Trinajstić information content (AvgIpc) is 3.35. The first-order valence-electron chi connectivity index (χ1n) is 11.0. The summed E-state index contributed by atoms with van der Waals surface area (Å²) >= 11 is 0. The van der Waals surface area contributed by atoms with Gasteiger partial charge in [0.25, 0.3) is 0 Å². The first-order valence-corrected chi connectivity index (χ1v) is 11.0. The van der Waals surface area contributed by atoms with E-state index < -0.39 is 6.09 Å². The van der Waals surface area contributed by atoms with Gasteiger partial charge in [-0.15, -0.1) is 0 Å². The maximum absolute atomic E-state index is 12.4. The summed E-state index contributed by atoms with van der Waals surface area (Å²) in [6, 6.07) is 13.3. The molecule has 33 heavy (non-hydrogen) atoms. The van der Waals surface area contributed by atoms with Crippen LogP contribution in [0, 0.1) is 5.92 Å². The molecular weight excluding hydrogens is 426 g/mol. The molecule has 1 aliphatic rings. The smallest absolute Gasteiger partial charge is 0.410 e. The molecule has 8 heteroatoms. The van der Waals surface area contributed by atoms with E-state index in [2.05, 4.69) is 0 Å². The Morgan fingerprint density at radius 3 is 2.27 bits per heavy atom. The number of nitrogens with zero attached hydrogens (tertiary/aromatic N) is 1. The van der Waals surface area contributed by atoms with Crippen molar-refractivity contribution in [1.82, 2.24) is 4.90 Å². The van der Waals surface area contributed by atoms with Crippen molar-refractivity contribution in [3.63, 3.8) is 0 Å². The summed E-state index contributed by atoms with van der Waals surface area (Å²) in [7, 11) is 4.71. The molecule has 178 valence electrons. The molecule has 2 aromatic rings. The maximum atomic E-state index is 12.4. The van der Waals surface area contributed by atoms with Crippen molar-refractivity contribution in [1.29, 1.82) is 0 Å². The first kappa shape index (κ1) is 24.2. The normalized spacial score (nSPS) is 15.1. The monoisotopic (exact) mass is 457 g/mol. The molecule has 0 N–H and O–H groups in total. The fourth-order valence-corrected chi connectivity index (χ4v) is 3.78. The Kier molecular flexibility index (Phi) is 8.80. The van der Waals surface area contributed by atoms with Crippen LogP contribution in [0.15, 0.2) is 42.5 Å². The molecule has 0 bridgehead atoms. The van der Waals surface area contributed by atoms with E-state index in [4.69, 9.17) is 23.7 Å². The highest BCUT2D eigenvalue weighted by atomic mass is 16.6. The van der Waals surface area contributed by atoms with Crippen LogP contribution in [0.4, 0.5) is 4.79 Å². The highest BCUT2D eigenvalue weighted by molar-refractivity contribution is 5.75. The molecule has 0 radical (unpaired) electrons. The molecule has 0 aromatic heterocycles. The van der Waals surface area contributed by atoms with Gasteiger partial charge in [-0.1, -0.05) is 30.3 Å². The number of rotatable bonds is 10. The number of hydrogen-bond acceptors (Lipinski definition) is 7. The van der Waals surface area contributed by atoms with Crippen LogP contribution in [0.1, 0.15) is 24.0 Å². The second-order valence-corrected chi connectivity index (χ2v) is 7.78. The van der Waals surface area contributed by atoms with E-state index in [0.717, 1.165) is 11.1 Å². The number of carbonyl (C=O) groups excluding carboxylic acids is 2. The van der Waals surface area contributed by atoms with Gasteiger partial charge in [0.05, 0.1) is 33.9 Å². The quantitative estimate of drug-likeness (QED) is 0.396. The standard InChI is InChI=1S/C25H31NO7/c1-29-21-14-19(15-22(30-2)23(21)31-3)10-7-13-32-24(27)20-11-12-26(16-20)25(28)33-17-18-8-5-4-6-9-18/h4-6,8-9,14-15,20H,7,10-13,16-17H2,1-3H3. The molecule has 8 nitrogen and oxygen atoms in total. The van der Waals surface area contributed by atoms with Crippen LogP contribution in [0.5, 0.6) is 17.2 Å². The molecular formula is C25H31NO7. The molecule has 2 aromatic carbocycles. The van der Waals surface area contributed by atoms with Gasteiger partial charge in [0.2, 0.25) is 5.75 Å². The minimum absolute atomic E-state index is 0.215. The molecule has 1 saturated heterocycles. The summed E-state index contributed by atoms with van der Waals surface area (Å²) in [5.74, 6) is 1.13. The number of hydrogen-bond donors (Lipinski definition) is 0. The summed E-state index contributed by atoms with van der Waals surface area (Å²) in [5.41, 5.74) is 1.92. The zero-order chi connectivity index (χ0) is 23.6. The second kappa shape index (κ2) is 12.0. The van der Waals surface area contributed by atoms with Gasteiger partial charge in [0.1, 0.15) is 6.61 Å². The van der Waals surface area contributed by atoms with Crippen LogP contribution < -0.4 is 14.2 Å². The van der Waals surface area contributed by atoms with E-state index in [-0.39, 0.29) is 18.5 Å². The van der Waals surface area contributed by atoms with Gasteiger partial charge in [0, 0.05) is 13.1 Å². The molecule has 1 atom stereocenters. The highest BCUT2D eigenvalue weighted by Gasteiger charge is 2.32. The summed E-state index contributed by atoms with van der Waals surface area (Å²) in [6.45, 7) is 1.31. The molecule has 0 aliphatic carbocycles. The van der Waals surface area contributed by atoms with Gasteiger partial charge in [-0.25, -0.2) is 4.79 Å². The van der Waals surface area contributed by atoms with Crippen molar-refractivity contribution < 1.29 is 33.3 Å². The van der Waals surface area contributed by atoms with Crippen LogP contribution in [-0.4, -0.2) is 58.0 Å². The topological polar surface area (TPSA) is 83.5 Å². The number of methoxy groups -OCH3 is 3. The van der Waals surface area contributed by atoms with E-state index in [9.17, 15) is 9.59 Å². The predicted octanol–water partition coefficient (Wildman–Crippen LogP) is 3.85. The van der Waals surface area contributed by atoms with Gasteiger partial charge >= 0.3 is 12.1 Å². The average molecular weight is 458 g/mol. The van der Waals surface area contributed by atoms with Crippen molar-refractivity contribution in [2.45, 2.75) is 25.9 Å². The Morgan fingerprint density at radius 1 is 0.939 bits per heavy atom. The van der Waals surface area contributed by atoms with Crippen LogP contribution >= 0.6 is 0 Å². The van der Waals surface area contributed by atoms with Crippen molar-refractivity contribution >= 4 is 12.1 Å². The van der Waals surface area contributed by atoms with Crippen molar-refractivity contribution in [2.24, 2.45) is 5.92 Å². The van der Waals surface area contributed by atoms with Crippen molar-refractivity contribution in [3.8, 4) is 17.2 Å². The van der Waals surface area contributed by atoms with E-state index in [0.29, 0.717) is 56.2 Å². The molecule has 0 spiro atoms. The predicted molar refractivity (Wildman–Crippen MR) is 122 cm³/mol. The molecule has 3 rings (SSSR count). The largest absolute Gasteiger partial charge is 0.493 e. The molecule has 1 fully saturated rings. The zero-order valence-electron chi connectivity index (χ0n) is 19.4. The Balaban J connectivity index is 1.40. The summed E-state index contributed by atoms with van der Waals surface area (Å²) < 4.78 is 26.9. The number of aryl methyl sites for hydroxylation is 1. The second-order valence-electron chi connectivity index (χ2n) is 7.78. The van der Waals surface area contributed by atoms with E-state index in [1.54, 1.807) is 26.2 Å². The molecule has 0 saturated carbocycles. The van der Waals surface area contributed by atoms with Crippen LogP contribution in [0.3, 0.4) is 0 Å². The maximum Gasteiger partial charge on any atom is 0.410 e. The third kappa shape index (κ3) is 6.54. The van der Waals surface area contributed by atoms with Gasteiger partial charge in [-0.3, -0.25) is 4.79 Å². The number of carbonyl (C=O) groups is 2. The number of amides is 1. The Hall–Kier alpha value is -3.42. The number of esters is 1. The Labute approximate surface area is 194 Å². The molecule has 1 amide bonds. The van der Waals surface area contributed by atoms with Gasteiger partial charge in [-0.2, -0.15) is 0 Å². The van der Waals surface area contributed by atoms with Gasteiger partial charge < -0.3 is 28.6 Å².